The van der Waals surface area contributed by atoms with Crippen molar-refractivity contribution in [3.05, 3.63) is 63.3 Å². The zero-order chi connectivity index (χ0) is 14.8. The van der Waals surface area contributed by atoms with Crippen LogP contribution >= 0.6 is 11.3 Å². The molecule has 0 atom stereocenters. The molecule has 1 N–H and O–H groups in total. The van der Waals surface area contributed by atoms with Gasteiger partial charge in [0.25, 0.3) is 5.56 Å². The van der Waals surface area contributed by atoms with E-state index in [9.17, 15) is 9.59 Å². The predicted octanol–water partition coefficient (Wildman–Crippen LogP) is 2.58. The lowest BCUT2D eigenvalue weighted by atomic mass is 10.1. The number of allylic oxidation sites excluding steroid dienone is 1. The smallest absolute Gasteiger partial charge is 0.259 e. The van der Waals surface area contributed by atoms with Crippen LogP contribution in [0.3, 0.4) is 0 Å². The van der Waals surface area contributed by atoms with Crippen LogP contribution in [-0.2, 0) is 0 Å². The van der Waals surface area contributed by atoms with Gasteiger partial charge in [0, 0.05) is 22.8 Å². The number of aromatic amines is 1. The molecule has 0 bridgehead atoms. The summed E-state index contributed by atoms with van der Waals surface area (Å²) in [5.74, 6) is 0.208. The van der Waals surface area contributed by atoms with Crippen molar-refractivity contribution in [3.63, 3.8) is 0 Å². The molecule has 6 heteroatoms. The highest BCUT2D eigenvalue weighted by molar-refractivity contribution is 7.18. The number of H-pyrrole nitrogens is 1. The molecule has 0 aliphatic rings. The van der Waals surface area contributed by atoms with Crippen LogP contribution in [-0.4, -0.2) is 20.7 Å². The fraction of sp³-hybridized carbons (Fsp3) is 0.0667. The van der Waals surface area contributed by atoms with E-state index in [1.165, 1.54) is 23.5 Å². The number of nitrogens with one attached hydrogen (secondary N) is 1. The van der Waals surface area contributed by atoms with Gasteiger partial charge in [-0.2, -0.15) is 0 Å². The van der Waals surface area contributed by atoms with Gasteiger partial charge in [-0.15, -0.1) is 11.3 Å². The SMILES string of the molecule is Cc1cc2c(=O)[nH]c(/C=C/C(=O)c3ccncc3)nc2s1. The Kier molecular flexibility index (Phi) is 3.45. The van der Waals surface area contributed by atoms with E-state index in [1.54, 1.807) is 30.6 Å². The summed E-state index contributed by atoms with van der Waals surface area (Å²) in [7, 11) is 0. The van der Waals surface area contributed by atoms with E-state index in [2.05, 4.69) is 15.0 Å². The minimum atomic E-state index is -0.194. The van der Waals surface area contributed by atoms with Gasteiger partial charge in [-0.05, 0) is 37.3 Å². The lowest BCUT2D eigenvalue weighted by Gasteiger charge is -1.95. The van der Waals surface area contributed by atoms with Crippen LogP contribution in [0.25, 0.3) is 16.3 Å². The second-order valence-corrected chi connectivity index (χ2v) is 5.70. The summed E-state index contributed by atoms with van der Waals surface area (Å²) >= 11 is 1.45. The van der Waals surface area contributed by atoms with E-state index < -0.39 is 0 Å². The number of aryl methyl sites for hydroxylation is 1. The highest BCUT2D eigenvalue weighted by Crippen LogP contribution is 2.19. The maximum Gasteiger partial charge on any atom is 0.259 e. The third-order valence-electron chi connectivity index (χ3n) is 2.90. The minimum absolute atomic E-state index is 0.164. The maximum atomic E-state index is 11.9. The van der Waals surface area contributed by atoms with Gasteiger partial charge in [0.05, 0.1) is 5.39 Å². The number of carbonyl (C=O) groups excluding carboxylic acids is 1. The minimum Gasteiger partial charge on any atom is -0.306 e. The number of rotatable bonds is 3. The lowest BCUT2D eigenvalue weighted by molar-refractivity contribution is 0.104. The molecule has 0 amide bonds. The number of hydrogen-bond acceptors (Lipinski definition) is 5. The van der Waals surface area contributed by atoms with Gasteiger partial charge in [0.1, 0.15) is 10.7 Å². The van der Waals surface area contributed by atoms with Crippen molar-refractivity contribution in [3.8, 4) is 0 Å². The van der Waals surface area contributed by atoms with Gasteiger partial charge in [-0.25, -0.2) is 4.98 Å². The van der Waals surface area contributed by atoms with Crippen LogP contribution in [0.1, 0.15) is 21.1 Å². The van der Waals surface area contributed by atoms with Gasteiger partial charge in [-0.1, -0.05) is 0 Å². The summed E-state index contributed by atoms with van der Waals surface area (Å²) in [6, 6.07) is 5.07. The first-order valence-electron chi connectivity index (χ1n) is 6.26. The predicted molar refractivity (Wildman–Crippen MR) is 82.6 cm³/mol. The van der Waals surface area contributed by atoms with Gasteiger partial charge in [-0.3, -0.25) is 14.6 Å². The van der Waals surface area contributed by atoms with E-state index in [1.807, 2.05) is 6.92 Å². The second kappa shape index (κ2) is 5.41. The van der Waals surface area contributed by atoms with Gasteiger partial charge in [0.2, 0.25) is 0 Å². The molecular formula is C15H11N3O2S. The molecular weight excluding hydrogens is 286 g/mol. The van der Waals surface area contributed by atoms with Crippen LogP contribution in [0.15, 0.2) is 41.5 Å². The molecule has 0 aliphatic carbocycles. The number of fused-ring (bicyclic) bond motifs is 1. The molecule has 3 aromatic rings. The number of carbonyl (C=O) groups is 1. The summed E-state index contributed by atoms with van der Waals surface area (Å²) in [5.41, 5.74) is 0.344. The number of aromatic nitrogens is 3. The Bertz CT molecular complexity index is 894. The molecule has 0 saturated heterocycles. The largest absolute Gasteiger partial charge is 0.306 e. The van der Waals surface area contributed by atoms with Crippen LogP contribution in [0, 0.1) is 6.92 Å². The third kappa shape index (κ3) is 2.80. The zero-order valence-corrected chi connectivity index (χ0v) is 12.0. The average Bonchev–Trinajstić information content (AvgIpc) is 2.87. The van der Waals surface area contributed by atoms with Crippen LogP contribution in [0.5, 0.6) is 0 Å². The first-order chi connectivity index (χ1) is 10.1. The van der Waals surface area contributed by atoms with E-state index in [0.717, 1.165) is 4.88 Å². The molecule has 0 aliphatic heterocycles. The number of thiophene rings is 1. The molecule has 0 spiro atoms. The molecule has 0 fully saturated rings. The molecule has 3 rings (SSSR count). The molecule has 0 saturated carbocycles. The van der Waals surface area contributed by atoms with Crippen molar-refractivity contribution >= 4 is 33.4 Å². The van der Waals surface area contributed by atoms with Crippen molar-refractivity contribution in [1.29, 1.82) is 0 Å². The Labute approximate surface area is 124 Å². The summed E-state index contributed by atoms with van der Waals surface area (Å²) in [6.45, 7) is 1.92. The van der Waals surface area contributed by atoms with Gasteiger partial charge >= 0.3 is 0 Å². The molecule has 104 valence electrons. The monoisotopic (exact) mass is 297 g/mol. The van der Waals surface area contributed by atoms with Crippen molar-refractivity contribution in [2.75, 3.05) is 0 Å². The molecule has 3 heterocycles. The molecule has 5 nitrogen and oxygen atoms in total. The molecule has 0 radical (unpaired) electrons. The standard InChI is InChI=1S/C15H11N3O2S/c1-9-8-11-14(20)17-13(18-15(11)21-9)3-2-12(19)10-4-6-16-7-5-10/h2-8H,1H3,(H,17,18,20)/b3-2+. The van der Waals surface area contributed by atoms with Crippen LogP contribution in [0.4, 0.5) is 0 Å². The van der Waals surface area contributed by atoms with E-state index in [-0.39, 0.29) is 11.3 Å². The fourth-order valence-corrected chi connectivity index (χ4v) is 2.80. The van der Waals surface area contributed by atoms with Crippen molar-refractivity contribution in [2.24, 2.45) is 0 Å². The third-order valence-corrected chi connectivity index (χ3v) is 3.85. The Balaban J connectivity index is 1.93. The highest BCUT2D eigenvalue weighted by atomic mass is 32.1. The molecule has 3 aromatic heterocycles. The summed E-state index contributed by atoms with van der Waals surface area (Å²) in [6.07, 6.45) is 6.02. The number of ketones is 1. The average molecular weight is 297 g/mol. The van der Waals surface area contributed by atoms with Crippen LogP contribution in [0.2, 0.25) is 0 Å². The van der Waals surface area contributed by atoms with Gasteiger partial charge < -0.3 is 4.98 Å². The first-order valence-corrected chi connectivity index (χ1v) is 7.08. The zero-order valence-electron chi connectivity index (χ0n) is 11.2. The number of hydrogen-bond donors (Lipinski definition) is 1. The second-order valence-electron chi connectivity index (χ2n) is 4.46. The van der Waals surface area contributed by atoms with Crippen LogP contribution < -0.4 is 5.56 Å². The molecule has 0 aromatic carbocycles. The first kappa shape index (κ1) is 13.4. The van der Waals surface area contributed by atoms with Crippen molar-refractivity contribution < 1.29 is 4.79 Å². The quantitative estimate of drug-likeness (QED) is 0.595. The van der Waals surface area contributed by atoms with Gasteiger partial charge in [0.15, 0.2) is 5.78 Å². The fourth-order valence-electron chi connectivity index (χ4n) is 1.91. The van der Waals surface area contributed by atoms with E-state index >= 15 is 0 Å². The Hall–Kier alpha value is -2.60. The Morgan fingerprint density at radius 3 is 2.86 bits per heavy atom. The summed E-state index contributed by atoms with van der Waals surface area (Å²) in [4.78, 5) is 36.4. The maximum absolute atomic E-state index is 11.9. The molecule has 0 unspecified atom stereocenters. The van der Waals surface area contributed by atoms with Crippen molar-refractivity contribution in [2.45, 2.75) is 6.92 Å². The number of pyridine rings is 1. The normalized spacial score (nSPS) is 11.3. The van der Waals surface area contributed by atoms with Crippen molar-refractivity contribution in [1.82, 2.24) is 15.0 Å². The number of nitrogens with zero attached hydrogens (tertiary/aromatic N) is 2. The topological polar surface area (TPSA) is 75.7 Å². The summed E-state index contributed by atoms with van der Waals surface area (Å²) in [5, 5.41) is 0.579. The lowest BCUT2D eigenvalue weighted by Crippen LogP contribution is -2.08. The van der Waals surface area contributed by atoms with E-state index in [0.29, 0.717) is 21.6 Å². The highest BCUT2D eigenvalue weighted by Gasteiger charge is 2.06. The molecule has 21 heavy (non-hydrogen) atoms. The Morgan fingerprint density at radius 1 is 1.33 bits per heavy atom. The summed E-state index contributed by atoms with van der Waals surface area (Å²) < 4.78 is 0. The van der Waals surface area contributed by atoms with E-state index in [4.69, 9.17) is 0 Å². The Morgan fingerprint density at radius 2 is 2.10 bits per heavy atom.